The van der Waals surface area contributed by atoms with Crippen LogP contribution in [-0.4, -0.2) is 39.7 Å². The first-order chi connectivity index (χ1) is 15.5. The zero-order valence-corrected chi connectivity index (χ0v) is 18.1. The Morgan fingerprint density at radius 2 is 1.34 bits per heavy atom. The standard InChI is InChI=1S/C24H25N3O5/c1-30-19-10-8-18(9-11-19)26-24(29)16-4-6-17(7-5-16)25-15-23(28)27-21-14-20(31-2)12-13-22(21)32-3/h4-14,25H,15H2,1-3H3,(H,26,29)(H,27,28). The number of carbonyl (C=O) groups is 2. The van der Waals surface area contributed by atoms with E-state index in [1.807, 2.05) is 0 Å². The lowest BCUT2D eigenvalue weighted by Crippen LogP contribution is -2.22. The summed E-state index contributed by atoms with van der Waals surface area (Å²) in [7, 11) is 4.67. The minimum atomic E-state index is -0.252. The molecule has 0 radical (unpaired) electrons. The van der Waals surface area contributed by atoms with Gasteiger partial charge < -0.3 is 30.2 Å². The Hall–Kier alpha value is -4.20. The van der Waals surface area contributed by atoms with E-state index >= 15 is 0 Å². The summed E-state index contributed by atoms with van der Waals surface area (Å²) < 4.78 is 15.6. The molecule has 2 amide bonds. The van der Waals surface area contributed by atoms with Crippen molar-refractivity contribution in [2.75, 3.05) is 43.8 Å². The molecular weight excluding hydrogens is 410 g/mol. The Kier molecular flexibility index (Phi) is 7.53. The van der Waals surface area contributed by atoms with Crippen LogP contribution in [0.1, 0.15) is 10.4 Å². The van der Waals surface area contributed by atoms with Crippen LogP contribution in [0.2, 0.25) is 0 Å². The second-order valence-electron chi connectivity index (χ2n) is 6.73. The first-order valence-electron chi connectivity index (χ1n) is 9.83. The SMILES string of the molecule is COc1ccc(NC(=O)c2ccc(NCC(=O)Nc3cc(OC)ccc3OC)cc2)cc1. The van der Waals surface area contributed by atoms with Gasteiger partial charge in [0.1, 0.15) is 17.2 Å². The number of hydrogen-bond acceptors (Lipinski definition) is 6. The largest absolute Gasteiger partial charge is 0.497 e. The second-order valence-corrected chi connectivity index (χ2v) is 6.73. The molecule has 3 N–H and O–H groups in total. The molecule has 0 heterocycles. The smallest absolute Gasteiger partial charge is 0.255 e. The summed E-state index contributed by atoms with van der Waals surface area (Å²) in [6.07, 6.45) is 0. The molecule has 0 saturated heterocycles. The molecule has 0 saturated carbocycles. The van der Waals surface area contributed by atoms with E-state index in [-0.39, 0.29) is 18.4 Å². The molecule has 3 aromatic rings. The fraction of sp³-hybridized carbons (Fsp3) is 0.167. The van der Waals surface area contributed by atoms with Gasteiger partial charge in [-0.2, -0.15) is 0 Å². The van der Waals surface area contributed by atoms with Crippen LogP contribution in [0, 0.1) is 0 Å². The summed E-state index contributed by atoms with van der Waals surface area (Å²) in [5.41, 5.74) is 2.39. The maximum Gasteiger partial charge on any atom is 0.255 e. The predicted octanol–water partition coefficient (Wildman–Crippen LogP) is 4.02. The van der Waals surface area contributed by atoms with E-state index in [0.29, 0.717) is 39.9 Å². The van der Waals surface area contributed by atoms with Crippen molar-refractivity contribution >= 4 is 28.9 Å². The van der Waals surface area contributed by atoms with Gasteiger partial charge in [-0.1, -0.05) is 0 Å². The van der Waals surface area contributed by atoms with Crippen LogP contribution in [0.4, 0.5) is 17.1 Å². The Bertz CT molecular complexity index is 1070. The number of carbonyl (C=O) groups excluding carboxylic acids is 2. The molecule has 3 rings (SSSR count). The molecule has 0 bridgehead atoms. The maximum absolute atomic E-state index is 12.4. The molecule has 8 nitrogen and oxygen atoms in total. The highest BCUT2D eigenvalue weighted by molar-refractivity contribution is 6.04. The van der Waals surface area contributed by atoms with E-state index in [1.165, 1.54) is 7.11 Å². The predicted molar refractivity (Wildman–Crippen MR) is 124 cm³/mol. The summed E-state index contributed by atoms with van der Waals surface area (Å²) >= 11 is 0. The van der Waals surface area contributed by atoms with E-state index < -0.39 is 0 Å². The van der Waals surface area contributed by atoms with Crippen LogP contribution in [0.3, 0.4) is 0 Å². The zero-order valence-electron chi connectivity index (χ0n) is 18.1. The first-order valence-corrected chi connectivity index (χ1v) is 9.83. The van der Waals surface area contributed by atoms with Gasteiger partial charge in [0.25, 0.3) is 5.91 Å². The molecular formula is C24H25N3O5. The number of hydrogen-bond donors (Lipinski definition) is 3. The average molecular weight is 435 g/mol. The Balaban J connectivity index is 1.54. The van der Waals surface area contributed by atoms with Crippen LogP contribution in [-0.2, 0) is 4.79 Å². The quantitative estimate of drug-likeness (QED) is 0.470. The number of anilines is 3. The third kappa shape index (κ3) is 5.91. The van der Waals surface area contributed by atoms with E-state index in [0.717, 1.165) is 0 Å². The minimum absolute atomic E-state index is 0.0394. The lowest BCUT2D eigenvalue weighted by molar-refractivity contribution is -0.114. The van der Waals surface area contributed by atoms with Crippen LogP contribution in [0.15, 0.2) is 66.7 Å². The summed E-state index contributed by atoms with van der Waals surface area (Å²) in [4.78, 5) is 24.7. The molecule has 0 aliphatic heterocycles. The maximum atomic E-state index is 12.4. The van der Waals surface area contributed by atoms with Gasteiger partial charge in [-0.15, -0.1) is 0 Å². The van der Waals surface area contributed by atoms with Gasteiger partial charge in [-0.3, -0.25) is 9.59 Å². The van der Waals surface area contributed by atoms with Gasteiger partial charge in [0.15, 0.2) is 0 Å². The molecule has 0 unspecified atom stereocenters. The van der Waals surface area contributed by atoms with Crippen molar-refractivity contribution in [3.8, 4) is 17.2 Å². The van der Waals surface area contributed by atoms with E-state index in [2.05, 4.69) is 16.0 Å². The molecule has 32 heavy (non-hydrogen) atoms. The number of ether oxygens (including phenoxy) is 3. The second kappa shape index (κ2) is 10.7. The molecule has 0 atom stereocenters. The first kappa shape index (κ1) is 22.5. The van der Waals surface area contributed by atoms with Crippen molar-refractivity contribution in [3.63, 3.8) is 0 Å². The monoisotopic (exact) mass is 435 g/mol. The normalized spacial score (nSPS) is 10.1. The molecule has 0 aliphatic rings. The number of rotatable bonds is 9. The molecule has 3 aromatic carbocycles. The topological polar surface area (TPSA) is 97.9 Å². The number of methoxy groups -OCH3 is 3. The van der Waals surface area contributed by atoms with Crippen LogP contribution >= 0.6 is 0 Å². The van der Waals surface area contributed by atoms with Gasteiger partial charge in [-0.05, 0) is 60.7 Å². The fourth-order valence-corrected chi connectivity index (χ4v) is 2.91. The highest BCUT2D eigenvalue weighted by atomic mass is 16.5. The van der Waals surface area contributed by atoms with Crippen molar-refractivity contribution in [3.05, 3.63) is 72.3 Å². The van der Waals surface area contributed by atoms with Gasteiger partial charge in [0, 0.05) is 23.0 Å². The molecule has 166 valence electrons. The summed E-state index contributed by atoms with van der Waals surface area (Å²) in [5.74, 6) is 1.37. The molecule has 0 spiro atoms. The fourth-order valence-electron chi connectivity index (χ4n) is 2.91. The van der Waals surface area contributed by atoms with Gasteiger partial charge in [0.2, 0.25) is 5.91 Å². The van der Waals surface area contributed by atoms with E-state index in [9.17, 15) is 9.59 Å². The van der Waals surface area contributed by atoms with Crippen LogP contribution in [0.25, 0.3) is 0 Å². The van der Waals surface area contributed by atoms with Crippen molar-refractivity contribution in [1.82, 2.24) is 0 Å². The van der Waals surface area contributed by atoms with E-state index in [4.69, 9.17) is 14.2 Å². The van der Waals surface area contributed by atoms with Gasteiger partial charge in [0.05, 0.1) is 33.6 Å². The third-order valence-electron chi connectivity index (χ3n) is 4.63. The highest BCUT2D eigenvalue weighted by Crippen LogP contribution is 2.28. The summed E-state index contributed by atoms with van der Waals surface area (Å²) in [6.45, 7) is 0.0394. The summed E-state index contributed by atoms with van der Waals surface area (Å²) in [5, 5.41) is 8.65. The van der Waals surface area contributed by atoms with Crippen LogP contribution < -0.4 is 30.2 Å². The van der Waals surface area contributed by atoms with Crippen LogP contribution in [0.5, 0.6) is 17.2 Å². The minimum Gasteiger partial charge on any atom is -0.497 e. The molecule has 0 fully saturated rings. The third-order valence-corrected chi connectivity index (χ3v) is 4.63. The number of benzene rings is 3. The molecule has 0 aromatic heterocycles. The Morgan fingerprint density at radius 3 is 1.97 bits per heavy atom. The number of amides is 2. The average Bonchev–Trinajstić information content (AvgIpc) is 2.83. The van der Waals surface area contributed by atoms with Crippen molar-refractivity contribution in [2.24, 2.45) is 0 Å². The number of nitrogens with one attached hydrogen (secondary N) is 3. The van der Waals surface area contributed by atoms with Crippen molar-refractivity contribution in [1.29, 1.82) is 0 Å². The van der Waals surface area contributed by atoms with Crippen molar-refractivity contribution in [2.45, 2.75) is 0 Å². The zero-order chi connectivity index (χ0) is 22.9. The lowest BCUT2D eigenvalue weighted by atomic mass is 10.2. The van der Waals surface area contributed by atoms with Crippen molar-refractivity contribution < 1.29 is 23.8 Å². The lowest BCUT2D eigenvalue weighted by Gasteiger charge is -2.12. The highest BCUT2D eigenvalue weighted by Gasteiger charge is 2.10. The Morgan fingerprint density at radius 1 is 0.719 bits per heavy atom. The molecule has 8 heteroatoms. The summed E-state index contributed by atoms with van der Waals surface area (Å²) in [6, 6.07) is 19.1. The van der Waals surface area contributed by atoms with Gasteiger partial charge in [-0.25, -0.2) is 0 Å². The molecule has 0 aliphatic carbocycles. The van der Waals surface area contributed by atoms with E-state index in [1.54, 1.807) is 80.9 Å². The van der Waals surface area contributed by atoms with Gasteiger partial charge >= 0.3 is 0 Å². The Labute approximate surface area is 186 Å².